The van der Waals surface area contributed by atoms with Gasteiger partial charge in [-0.15, -0.1) is 0 Å². The van der Waals surface area contributed by atoms with Crippen LogP contribution in [0.3, 0.4) is 0 Å². The van der Waals surface area contributed by atoms with E-state index in [0.717, 1.165) is 3.27 Å². The van der Waals surface area contributed by atoms with Crippen LogP contribution in [-0.2, 0) is 26.1 Å². The van der Waals surface area contributed by atoms with E-state index < -0.39 is 0 Å². The normalized spacial score (nSPS) is 7.71. The zero-order valence-electron chi connectivity index (χ0n) is 3.73. The first kappa shape index (κ1) is 7.51. The first-order valence-electron chi connectivity index (χ1n) is 1.75. The first-order chi connectivity index (χ1) is 2.89. The molecule has 34 valence electrons. The molecule has 1 heterocycles. The van der Waals surface area contributed by atoms with Gasteiger partial charge in [-0.25, -0.2) is 0 Å². The molecule has 3 heteroatoms. The third-order valence-corrected chi connectivity index (χ3v) is 2.14. The standard InChI is InChI=1S/C4H3O.ClH.Hg/c1-2-4-5-3-1;;/h1-3H;1H;/q;;+1/p-1. The molecule has 0 aliphatic rings. The third-order valence-electron chi connectivity index (χ3n) is 0.580. The molecule has 0 bridgehead atoms. The summed E-state index contributed by atoms with van der Waals surface area (Å²) in [6.45, 7) is 0. The summed E-state index contributed by atoms with van der Waals surface area (Å²) in [5.74, 6) is 0. The summed E-state index contributed by atoms with van der Waals surface area (Å²) in [6, 6.07) is 3.92. The van der Waals surface area contributed by atoms with E-state index in [1.54, 1.807) is 6.26 Å². The topological polar surface area (TPSA) is 13.1 Å². The maximum absolute atomic E-state index is 4.92. The van der Waals surface area contributed by atoms with Crippen molar-refractivity contribution in [3.8, 4) is 0 Å². The Morgan fingerprint density at radius 2 is 2.29 bits per heavy atom. The monoisotopic (exact) mass is 304 g/mol. The fourth-order valence-corrected chi connectivity index (χ4v) is 1.22. The average Bonchev–Trinajstić information content (AvgIpc) is 1.86. The molecule has 0 saturated heterocycles. The molecule has 0 atom stereocenters. The van der Waals surface area contributed by atoms with Crippen LogP contribution in [-0.4, -0.2) is 0 Å². The van der Waals surface area contributed by atoms with Gasteiger partial charge in [-0.2, -0.15) is 0 Å². The summed E-state index contributed by atoms with van der Waals surface area (Å²) < 4.78 is 6.08. The maximum atomic E-state index is 4.92. The van der Waals surface area contributed by atoms with Gasteiger partial charge in [-0.05, 0) is 0 Å². The Kier molecular flexibility index (Phi) is 3.75. The van der Waals surface area contributed by atoms with E-state index in [4.69, 9.17) is 4.42 Å². The Morgan fingerprint density at radius 3 is 2.43 bits per heavy atom. The molecule has 0 amide bonds. The van der Waals surface area contributed by atoms with Crippen LogP contribution in [0.1, 0.15) is 0 Å². The van der Waals surface area contributed by atoms with E-state index in [-0.39, 0.29) is 12.4 Å². The Bertz CT molecular complexity index is 115. The van der Waals surface area contributed by atoms with Gasteiger partial charge in [0.2, 0.25) is 0 Å². The van der Waals surface area contributed by atoms with Gasteiger partial charge >= 0.3 is 52.2 Å². The summed E-state index contributed by atoms with van der Waals surface area (Å²) >= 11 is 0.674. The van der Waals surface area contributed by atoms with E-state index >= 15 is 0 Å². The molecule has 1 aromatic heterocycles. The van der Waals surface area contributed by atoms with Gasteiger partial charge in [0.1, 0.15) is 0 Å². The zero-order chi connectivity index (χ0) is 4.41. The Balaban J connectivity index is 0.000000360. The Labute approximate surface area is 64.5 Å². The first-order valence-corrected chi connectivity index (χ1v) is 4.50. The predicted molar refractivity (Wildman–Crippen MR) is 18.3 cm³/mol. The number of furan rings is 1. The minimum absolute atomic E-state index is 0. The van der Waals surface area contributed by atoms with Gasteiger partial charge in [0.05, 0.1) is 0 Å². The number of rotatable bonds is 0. The molecule has 0 unspecified atom stereocenters. The van der Waals surface area contributed by atoms with Crippen LogP contribution in [0.4, 0.5) is 0 Å². The Hall–Kier alpha value is 0.505. The zero-order valence-corrected chi connectivity index (χ0v) is 9.98. The van der Waals surface area contributed by atoms with Crippen molar-refractivity contribution in [2.24, 2.45) is 0 Å². The minimum atomic E-state index is 0. The van der Waals surface area contributed by atoms with Gasteiger partial charge in [-0.3, -0.25) is 0 Å². The summed E-state index contributed by atoms with van der Waals surface area (Å²) in [4.78, 5) is 0. The molecule has 0 aromatic carbocycles. The molecule has 0 fully saturated rings. The van der Waals surface area contributed by atoms with Crippen molar-refractivity contribution in [2.45, 2.75) is 0 Å². The molecule has 0 spiro atoms. The van der Waals surface area contributed by atoms with Crippen LogP contribution in [0.2, 0.25) is 0 Å². The summed E-state index contributed by atoms with van der Waals surface area (Å²) in [6.07, 6.45) is 1.71. The van der Waals surface area contributed by atoms with Crippen molar-refractivity contribution >= 4 is 3.27 Å². The van der Waals surface area contributed by atoms with E-state index in [0.29, 0.717) is 26.1 Å². The van der Waals surface area contributed by atoms with E-state index in [2.05, 4.69) is 0 Å². The molecule has 1 nitrogen and oxygen atoms in total. The fraction of sp³-hybridized carbons (Fsp3) is 0. The van der Waals surface area contributed by atoms with Crippen LogP contribution < -0.4 is 15.7 Å². The SMILES string of the molecule is [Cl-].[Hg+][c]1ccco1. The average molecular weight is 303 g/mol. The molecular weight excluding hydrogens is 300 g/mol. The molecule has 1 aromatic rings. The molecule has 0 aliphatic heterocycles. The second-order valence-electron chi connectivity index (χ2n) is 1.08. The van der Waals surface area contributed by atoms with Gasteiger partial charge in [-0.1, -0.05) is 0 Å². The molecular formula is C4H3ClHgO. The predicted octanol–water partition coefficient (Wildman–Crippen LogP) is -2.54. The van der Waals surface area contributed by atoms with Crippen LogP contribution >= 0.6 is 0 Å². The molecule has 0 N–H and O–H groups in total. The second kappa shape index (κ2) is 3.50. The third kappa shape index (κ3) is 2.34. The van der Waals surface area contributed by atoms with Gasteiger partial charge in [0, 0.05) is 0 Å². The van der Waals surface area contributed by atoms with Crippen LogP contribution in [0.5, 0.6) is 0 Å². The molecule has 1 rings (SSSR count). The van der Waals surface area contributed by atoms with Crippen molar-refractivity contribution in [3.63, 3.8) is 0 Å². The molecule has 7 heavy (non-hydrogen) atoms. The van der Waals surface area contributed by atoms with Crippen molar-refractivity contribution < 1.29 is 42.9 Å². The van der Waals surface area contributed by atoms with Crippen molar-refractivity contribution in [2.75, 3.05) is 0 Å². The van der Waals surface area contributed by atoms with E-state index in [9.17, 15) is 0 Å². The van der Waals surface area contributed by atoms with E-state index in [1.807, 2.05) is 12.1 Å². The van der Waals surface area contributed by atoms with Gasteiger partial charge < -0.3 is 12.4 Å². The Morgan fingerprint density at radius 1 is 1.57 bits per heavy atom. The number of hydrogen-bond acceptors (Lipinski definition) is 1. The van der Waals surface area contributed by atoms with Crippen LogP contribution in [0.25, 0.3) is 0 Å². The summed E-state index contributed by atoms with van der Waals surface area (Å²) in [7, 11) is 0. The number of hydrogen-bond donors (Lipinski definition) is 0. The quantitative estimate of drug-likeness (QED) is 0.481. The van der Waals surface area contributed by atoms with Crippen molar-refractivity contribution in [1.82, 2.24) is 0 Å². The van der Waals surface area contributed by atoms with Gasteiger partial charge in [0.25, 0.3) is 0 Å². The van der Waals surface area contributed by atoms with Crippen molar-refractivity contribution in [1.29, 1.82) is 0 Å². The van der Waals surface area contributed by atoms with Crippen molar-refractivity contribution in [3.05, 3.63) is 18.4 Å². The van der Waals surface area contributed by atoms with Crippen LogP contribution in [0, 0.1) is 0 Å². The number of halogens is 1. The summed E-state index contributed by atoms with van der Waals surface area (Å²) in [5, 5.41) is 0. The molecule has 0 aliphatic carbocycles. The molecule has 0 radical (unpaired) electrons. The summed E-state index contributed by atoms with van der Waals surface area (Å²) in [5.41, 5.74) is 0. The molecule has 0 saturated carbocycles. The fourth-order valence-electron chi connectivity index (χ4n) is 0.313. The second-order valence-corrected chi connectivity index (χ2v) is 3.79. The van der Waals surface area contributed by atoms with Crippen LogP contribution in [0.15, 0.2) is 22.8 Å². The van der Waals surface area contributed by atoms with E-state index in [1.165, 1.54) is 0 Å². The van der Waals surface area contributed by atoms with Gasteiger partial charge in [0.15, 0.2) is 0 Å².